The average molecular weight is 370 g/mol. The van der Waals surface area contributed by atoms with Crippen LogP contribution in [0, 0.1) is 18.3 Å². The molecule has 4 heteroatoms. The van der Waals surface area contributed by atoms with Crippen LogP contribution in [-0.2, 0) is 13.1 Å². The van der Waals surface area contributed by atoms with Crippen LogP contribution in [0.3, 0.4) is 0 Å². The van der Waals surface area contributed by atoms with Gasteiger partial charge in [0.25, 0.3) is 0 Å². The van der Waals surface area contributed by atoms with E-state index >= 15 is 0 Å². The van der Waals surface area contributed by atoms with Crippen molar-refractivity contribution in [2.24, 2.45) is 0 Å². The lowest BCUT2D eigenvalue weighted by Crippen LogP contribution is -2.25. The molecular formula is C24H22N2O2. The third kappa shape index (κ3) is 3.71. The van der Waals surface area contributed by atoms with E-state index in [1.54, 1.807) is 6.07 Å². The lowest BCUT2D eigenvalue weighted by Gasteiger charge is -2.20. The number of phenols is 1. The summed E-state index contributed by atoms with van der Waals surface area (Å²) in [6.07, 6.45) is 0. The second-order valence-corrected chi connectivity index (χ2v) is 7.17. The van der Waals surface area contributed by atoms with E-state index in [2.05, 4.69) is 36.1 Å². The van der Waals surface area contributed by atoms with Crippen molar-refractivity contribution < 1.29 is 9.84 Å². The van der Waals surface area contributed by atoms with Crippen LogP contribution >= 0.6 is 0 Å². The van der Waals surface area contributed by atoms with Gasteiger partial charge in [0.15, 0.2) is 11.5 Å². The van der Waals surface area contributed by atoms with Gasteiger partial charge < -0.3 is 9.84 Å². The highest BCUT2D eigenvalue weighted by molar-refractivity contribution is 5.71. The quantitative estimate of drug-likeness (QED) is 0.730. The van der Waals surface area contributed by atoms with E-state index < -0.39 is 0 Å². The summed E-state index contributed by atoms with van der Waals surface area (Å²) < 4.78 is 5.87. The number of nitriles is 1. The monoisotopic (exact) mass is 370 g/mol. The summed E-state index contributed by atoms with van der Waals surface area (Å²) >= 11 is 0. The minimum absolute atomic E-state index is 0.191. The zero-order valence-corrected chi connectivity index (χ0v) is 15.9. The second-order valence-electron chi connectivity index (χ2n) is 7.17. The summed E-state index contributed by atoms with van der Waals surface area (Å²) in [7, 11) is 0. The van der Waals surface area contributed by atoms with Gasteiger partial charge in [0.05, 0.1) is 11.6 Å². The molecule has 0 radical (unpaired) electrons. The third-order valence-electron chi connectivity index (χ3n) is 5.14. The van der Waals surface area contributed by atoms with Gasteiger partial charge in [-0.2, -0.15) is 5.26 Å². The molecule has 3 aromatic rings. The molecule has 4 rings (SSSR count). The number of aromatic hydroxyl groups is 1. The van der Waals surface area contributed by atoms with Crippen LogP contribution in [0.2, 0.25) is 0 Å². The van der Waals surface area contributed by atoms with Gasteiger partial charge in [-0.25, -0.2) is 0 Å². The topological polar surface area (TPSA) is 56.5 Å². The molecule has 0 bridgehead atoms. The number of aryl methyl sites for hydroxylation is 1. The van der Waals surface area contributed by atoms with Crippen molar-refractivity contribution in [2.45, 2.75) is 20.0 Å². The molecule has 1 aliphatic rings. The first kappa shape index (κ1) is 18.1. The predicted octanol–water partition coefficient (Wildman–Crippen LogP) is 4.63. The fourth-order valence-electron chi connectivity index (χ4n) is 3.68. The second kappa shape index (κ2) is 7.75. The minimum atomic E-state index is 0.191. The number of rotatable bonds is 3. The smallest absolute Gasteiger partial charge is 0.165 e. The van der Waals surface area contributed by atoms with Gasteiger partial charge in [-0.05, 0) is 53.4 Å². The largest absolute Gasteiger partial charge is 0.504 e. The fraction of sp³-hybridized carbons (Fsp3) is 0.208. The Bertz CT molecular complexity index is 1040. The molecular weight excluding hydrogens is 348 g/mol. The van der Waals surface area contributed by atoms with E-state index in [0.29, 0.717) is 24.5 Å². The Morgan fingerprint density at radius 1 is 1.11 bits per heavy atom. The van der Waals surface area contributed by atoms with Crippen LogP contribution in [0.5, 0.6) is 11.5 Å². The third-order valence-corrected chi connectivity index (χ3v) is 5.14. The first-order chi connectivity index (χ1) is 13.6. The molecule has 0 fully saturated rings. The molecule has 0 aliphatic carbocycles. The molecule has 1 N–H and O–H groups in total. The van der Waals surface area contributed by atoms with Crippen LogP contribution in [-0.4, -0.2) is 23.2 Å². The highest BCUT2D eigenvalue weighted by Crippen LogP contribution is 2.38. The molecule has 0 unspecified atom stereocenters. The van der Waals surface area contributed by atoms with E-state index in [0.717, 1.165) is 35.3 Å². The summed E-state index contributed by atoms with van der Waals surface area (Å²) in [5.74, 6) is 0.774. The maximum atomic E-state index is 10.6. The van der Waals surface area contributed by atoms with Crippen molar-refractivity contribution in [2.75, 3.05) is 13.2 Å². The molecule has 3 aromatic carbocycles. The van der Waals surface area contributed by atoms with Gasteiger partial charge in [0, 0.05) is 25.2 Å². The molecule has 0 saturated carbocycles. The highest BCUT2D eigenvalue weighted by atomic mass is 16.5. The molecule has 0 aromatic heterocycles. The fourth-order valence-corrected chi connectivity index (χ4v) is 3.68. The van der Waals surface area contributed by atoms with Crippen molar-refractivity contribution in [3.05, 3.63) is 82.9 Å². The molecule has 140 valence electrons. The summed E-state index contributed by atoms with van der Waals surface area (Å²) in [6.45, 7) is 4.84. The maximum Gasteiger partial charge on any atom is 0.165 e. The minimum Gasteiger partial charge on any atom is -0.504 e. The Hall–Kier alpha value is -3.29. The average Bonchev–Trinajstić information content (AvgIpc) is 2.91. The molecule has 0 saturated heterocycles. The molecule has 28 heavy (non-hydrogen) atoms. The molecule has 4 nitrogen and oxygen atoms in total. The van der Waals surface area contributed by atoms with Crippen molar-refractivity contribution in [1.29, 1.82) is 5.26 Å². The first-order valence-corrected chi connectivity index (χ1v) is 9.40. The Morgan fingerprint density at radius 2 is 1.89 bits per heavy atom. The lowest BCUT2D eigenvalue weighted by atomic mass is 9.97. The van der Waals surface area contributed by atoms with Crippen LogP contribution in [0.4, 0.5) is 0 Å². The number of phenolic OH excluding ortho intramolecular Hbond substituents is 1. The zero-order chi connectivity index (χ0) is 19.5. The maximum absolute atomic E-state index is 10.6. The predicted molar refractivity (Wildman–Crippen MR) is 109 cm³/mol. The van der Waals surface area contributed by atoms with E-state index in [1.807, 2.05) is 36.4 Å². The Balaban J connectivity index is 1.63. The molecule has 1 aliphatic heterocycles. The number of fused-ring (bicyclic) bond motifs is 1. The van der Waals surface area contributed by atoms with Gasteiger partial charge in [0.2, 0.25) is 0 Å². The highest BCUT2D eigenvalue weighted by Gasteiger charge is 2.20. The van der Waals surface area contributed by atoms with Crippen LogP contribution in [0.15, 0.2) is 60.7 Å². The van der Waals surface area contributed by atoms with Gasteiger partial charge in [-0.15, -0.1) is 0 Å². The lowest BCUT2D eigenvalue weighted by molar-refractivity contribution is 0.217. The molecule has 1 heterocycles. The summed E-state index contributed by atoms with van der Waals surface area (Å²) in [4.78, 5) is 2.30. The van der Waals surface area contributed by atoms with Crippen LogP contribution < -0.4 is 4.74 Å². The van der Waals surface area contributed by atoms with Crippen molar-refractivity contribution in [3.8, 4) is 28.7 Å². The van der Waals surface area contributed by atoms with E-state index in [-0.39, 0.29) is 5.75 Å². The van der Waals surface area contributed by atoms with E-state index in [1.165, 1.54) is 5.56 Å². The Kier molecular flexibility index (Phi) is 5.01. The Morgan fingerprint density at radius 3 is 2.64 bits per heavy atom. The first-order valence-electron chi connectivity index (χ1n) is 9.40. The summed E-state index contributed by atoms with van der Waals surface area (Å²) in [6, 6.07) is 21.9. The number of ether oxygens (including phenoxy) is 1. The van der Waals surface area contributed by atoms with Gasteiger partial charge in [-0.1, -0.05) is 36.4 Å². The molecule has 0 amide bonds. The standard InChI is InChI=1S/C24H22N2O2/c1-17-4-2-3-5-22(17)20-12-21-16-26(10-11-28-24(21)23(27)13-20)15-19-8-6-18(14-25)7-9-19/h2-9,12-13,27H,10-11,15-16H2,1H3. The van der Waals surface area contributed by atoms with Crippen molar-refractivity contribution >= 4 is 0 Å². The van der Waals surface area contributed by atoms with Crippen molar-refractivity contribution in [3.63, 3.8) is 0 Å². The number of benzene rings is 3. The summed E-state index contributed by atoms with van der Waals surface area (Å²) in [5, 5.41) is 19.5. The molecule has 0 atom stereocenters. The number of hydrogen-bond acceptors (Lipinski definition) is 4. The summed E-state index contributed by atoms with van der Waals surface area (Å²) in [5.41, 5.74) is 6.10. The van der Waals surface area contributed by atoms with Crippen LogP contribution in [0.25, 0.3) is 11.1 Å². The SMILES string of the molecule is Cc1ccccc1-c1cc(O)c2c(c1)CN(Cc1ccc(C#N)cc1)CCO2. The Labute approximate surface area is 165 Å². The molecule has 0 spiro atoms. The van der Waals surface area contributed by atoms with Crippen LogP contribution in [0.1, 0.15) is 22.3 Å². The zero-order valence-electron chi connectivity index (χ0n) is 15.9. The van der Waals surface area contributed by atoms with E-state index in [9.17, 15) is 5.11 Å². The van der Waals surface area contributed by atoms with Crippen molar-refractivity contribution in [1.82, 2.24) is 4.90 Å². The number of nitrogens with zero attached hydrogens (tertiary/aromatic N) is 2. The number of hydrogen-bond donors (Lipinski definition) is 1. The normalized spacial score (nSPS) is 13.9. The van der Waals surface area contributed by atoms with Gasteiger partial charge in [0.1, 0.15) is 6.61 Å². The van der Waals surface area contributed by atoms with E-state index in [4.69, 9.17) is 10.00 Å². The van der Waals surface area contributed by atoms with Gasteiger partial charge >= 0.3 is 0 Å². The van der Waals surface area contributed by atoms with Gasteiger partial charge in [-0.3, -0.25) is 4.90 Å².